The van der Waals surface area contributed by atoms with E-state index in [1.807, 2.05) is 13.0 Å². The van der Waals surface area contributed by atoms with E-state index in [1.165, 1.54) is 0 Å². The molecule has 128 valence electrons. The molecule has 0 aromatic carbocycles. The summed E-state index contributed by atoms with van der Waals surface area (Å²) in [5.74, 6) is -0.537. The second kappa shape index (κ2) is 6.59. The van der Waals surface area contributed by atoms with Gasteiger partial charge in [-0.15, -0.1) is 0 Å². The van der Waals surface area contributed by atoms with Crippen LogP contribution in [0.4, 0.5) is 4.79 Å². The first-order chi connectivity index (χ1) is 11.5. The van der Waals surface area contributed by atoms with Gasteiger partial charge in [0.2, 0.25) is 5.91 Å². The minimum atomic E-state index is -0.820. The fourth-order valence-corrected chi connectivity index (χ4v) is 3.54. The van der Waals surface area contributed by atoms with Gasteiger partial charge in [0.05, 0.1) is 0 Å². The first kappa shape index (κ1) is 16.4. The highest BCUT2D eigenvalue weighted by Gasteiger charge is 2.55. The first-order valence-corrected chi connectivity index (χ1v) is 8.32. The van der Waals surface area contributed by atoms with E-state index in [0.717, 1.165) is 29.7 Å². The average molecular weight is 330 g/mol. The number of pyridine rings is 1. The molecule has 2 aliphatic rings. The smallest absolute Gasteiger partial charge is 0.325 e. The SMILES string of the molecule is CC1CCCCC12NC(=O)N(CC(=O)NCc1cccnc1)C2=O. The van der Waals surface area contributed by atoms with Gasteiger partial charge in [0.1, 0.15) is 12.1 Å². The Labute approximate surface area is 140 Å². The standard InChI is InChI=1S/C17H22N4O3/c1-12-5-2-3-7-17(12)15(23)21(16(24)20-17)11-14(22)19-10-13-6-4-8-18-9-13/h4,6,8-9,12H,2-3,5,7,10-11H2,1H3,(H,19,22)(H,20,24). The van der Waals surface area contributed by atoms with Gasteiger partial charge in [-0.3, -0.25) is 19.5 Å². The molecule has 7 heteroatoms. The Morgan fingerprint density at radius 3 is 3.00 bits per heavy atom. The largest absolute Gasteiger partial charge is 0.350 e. The van der Waals surface area contributed by atoms with Crippen LogP contribution in [0.25, 0.3) is 0 Å². The molecule has 1 aromatic heterocycles. The molecule has 1 aromatic rings. The lowest BCUT2D eigenvalue weighted by molar-refractivity contribution is -0.137. The molecule has 1 saturated heterocycles. The van der Waals surface area contributed by atoms with Crippen LogP contribution in [0.1, 0.15) is 38.2 Å². The number of urea groups is 1. The van der Waals surface area contributed by atoms with Crippen LogP contribution >= 0.6 is 0 Å². The second-order valence-electron chi connectivity index (χ2n) is 6.58. The Morgan fingerprint density at radius 2 is 2.29 bits per heavy atom. The average Bonchev–Trinajstić information content (AvgIpc) is 2.82. The molecule has 24 heavy (non-hydrogen) atoms. The van der Waals surface area contributed by atoms with E-state index in [4.69, 9.17) is 0 Å². The highest BCUT2D eigenvalue weighted by atomic mass is 16.2. The number of carbonyl (C=O) groups excluding carboxylic acids is 3. The minimum Gasteiger partial charge on any atom is -0.350 e. The van der Waals surface area contributed by atoms with Crippen LogP contribution in [0.3, 0.4) is 0 Å². The molecule has 2 fully saturated rings. The number of amides is 4. The van der Waals surface area contributed by atoms with Crippen molar-refractivity contribution in [1.82, 2.24) is 20.5 Å². The van der Waals surface area contributed by atoms with Gasteiger partial charge >= 0.3 is 6.03 Å². The number of aromatic nitrogens is 1. The van der Waals surface area contributed by atoms with Crippen molar-refractivity contribution in [2.24, 2.45) is 5.92 Å². The van der Waals surface area contributed by atoms with E-state index in [9.17, 15) is 14.4 Å². The molecular formula is C17H22N4O3. The number of nitrogens with one attached hydrogen (secondary N) is 2. The monoisotopic (exact) mass is 330 g/mol. The molecule has 1 aliphatic carbocycles. The van der Waals surface area contributed by atoms with Gasteiger partial charge in [0, 0.05) is 18.9 Å². The molecule has 2 unspecified atom stereocenters. The lowest BCUT2D eigenvalue weighted by Gasteiger charge is -2.36. The summed E-state index contributed by atoms with van der Waals surface area (Å²) in [5, 5.41) is 5.56. The molecule has 1 saturated carbocycles. The maximum atomic E-state index is 12.8. The third kappa shape index (κ3) is 2.98. The molecule has 0 radical (unpaired) electrons. The quantitative estimate of drug-likeness (QED) is 0.812. The van der Waals surface area contributed by atoms with E-state index in [0.29, 0.717) is 13.0 Å². The fourth-order valence-electron chi connectivity index (χ4n) is 3.54. The summed E-state index contributed by atoms with van der Waals surface area (Å²) in [7, 11) is 0. The summed E-state index contributed by atoms with van der Waals surface area (Å²) in [6.45, 7) is 2.06. The summed E-state index contributed by atoms with van der Waals surface area (Å²) in [6.07, 6.45) is 6.85. The van der Waals surface area contributed by atoms with Gasteiger partial charge in [0.15, 0.2) is 0 Å². The number of nitrogens with zero attached hydrogens (tertiary/aromatic N) is 2. The van der Waals surface area contributed by atoms with Crippen molar-refractivity contribution in [2.75, 3.05) is 6.54 Å². The van der Waals surface area contributed by atoms with Gasteiger partial charge < -0.3 is 10.6 Å². The molecular weight excluding hydrogens is 308 g/mol. The Hall–Kier alpha value is -2.44. The number of carbonyl (C=O) groups is 3. The lowest BCUT2D eigenvalue weighted by Crippen LogP contribution is -2.54. The third-order valence-electron chi connectivity index (χ3n) is 5.02. The van der Waals surface area contributed by atoms with Crippen LogP contribution in [0.15, 0.2) is 24.5 Å². The number of hydrogen-bond acceptors (Lipinski definition) is 4. The van der Waals surface area contributed by atoms with Crippen molar-refractivity contribution in [3.8, 4) is 0 Å². The van der Waals surface area contributed by atoms with Crippen molar-refractivity contribution < 1.29 is 14.4 Å². The van der Waals surface area contributed by atoms with Crippen LogP contribution in [-0.2, 0) is 16.1 Å². The zero-order chi connectivity index (χ0) is 17.2. The molecule has 0 bridgehead atoms. The molecule has 2 N–H and O–H groups in total. The Morgan fingerprint density at radius 1 is 1.46 bits per heavy atom. The summed E-state index contributed by atoms with van der Waals surface area (Å²) in [4.78, 5) is 42.1. The lowest BCUT2D eigenvalue weighted by atomic mass is 9.73. The number of hydrogen-bond donors (Lipinski definition) is 2. The number of imide groups is 1. The van der Waals surface area contributed by atoms with Gasteiger partial charge in [-0.25, -0.2) is 4.79 Å². The van der Waals surface area contributed by atoms with Crippen LogP contribution in [0.5, 0.6) is 0 Å². The maximum Gasteiger partial charge on any atom is 0.325 e. The Bertz CT molecular complexity index is 648. The normalized spacial score (nSPS) is 26.5. The van der Waals surface area contributed by atoms with Gasteiger partial charge in [-0.1, -0.05) is 25.8 Å². The van der Waals surface area contributed by atoms with Crippen molar-refractivity contribution in [3.05, 3.63) is 30.1 Å². The van der Waals surface area contributed by atoms with Gasteiger partial charge in [0.25, 0.3) is 5.91 Å². The van der Waals surface area contributed by atoms with E-state index < -0.39 is 11.6 Å². The predicted molar refractivity (Wildman–Crippen MR) is 86.7 cm³/mol. The summed E-state index contributed by atoms with van der Waals surface area (Å²) < 4.78 is 0. The minimum absolute atomic E-state index is 0.0890. The van der Waals surface area contributed by atoms with E-state index in [-0.39, 0.29) is 24.3 Å². The van der Waals surface area contributed by atoms with E-state index >= 15 is 0 Å². The molecule has 2 atom stereocenters. The molecule has 3 rings (SSSR count). The topological polar surface area (TPSA) is 91.4 Å². The summed E-state index contributed by atoms with van der Waals surface area (Å²) in [6, 6.07) is 3.16. The second-order valence-corrected chi connectivity index (χ2v) is 6.58. The Balaban J connectivity index is 1.61. The van der Waals surface area contributed by atoms with Gasteiger partial charge in [-0.05, 0) is 30.4 Å². The van der Waals surface area contributed by atoms with Crippen molar-refractivity contribution in [3.63, 3.8) is 0 Å². The zero-order valence-corrected chi connectivity index (χ0v) is 13.7. The van der Waals surface area contributed by atoms with Crippen molar-refractivity contribution in [1.29, 1.82) is 0 Å². The molecule has 1 spiro atoms. The molecule has 1 aliphatic heterocycles. The number of rotatable bonds is 4. The van der Waals surface area contributed by atoms with E-state index in [1.54, 1.807) is 18.5 Å². The summed E-state index contributed by atoms with van der Waals surface area (Å²) in [5.41, 5.74) is 0.0410. The maximum absolute atomic E-state index is 12.8. The molecule has 4 amide bonds. The van der Waals surface area contributed by atoms with E-state index in [2.05, 4.69) is 15.6 Å². The molecule has 2 heterocycles. The van der Waals surface area contributed by atoms with Gasteiger partial charge in [-0.2, -0.15) is 0 Å². The van der Waals surface area contributed by atoms with Crippen molar-refractivity contribution in [2.45, 2.75) is 44.7 Å². The van der Waals surface area contributed by atoms with Crippen LogP contribution in [0.2, 0.25) is 0 Å². The predicted octanol–water partition coefficient (Wildman–Crippen LogP) is 1.20. The van der Waals surface area contributed by atoms with Crippen LogP contribution in [0, 0.1) is 5.92 Å². The van der Waals surface area contributed by atoms with Crippen LogP contribution < -0.4 is 10.6 Å². The summed E-state index contributed by atoms with van der Waals surface area (Å²) >= 11 is 0. The highest BCUT2D eigenvalue weighted by molar-refractivity contribution is 6.09. The first-order valence-electron chi connectivity index (χ1n) is 8.32. The van der Waals surface area contributed by atoms with Crippen molar-refractivity contribution >= 4 is 17.8 Å². The van der Waals surface area contributed by atoms with Crippen LogP contribution in [-0.4, -0.2) is 39.8 Å². The fraction of sp³-hybridized carbons (Fsp3) is 0.529. The zero-order valence-electron chi connectivity index (χ0n) is 13.7. The highest BCUT2D eigenvalue weighted by Crippen LogP contribution is 2.38. The third-order valence-corrected chi connectivity index (χ3v) is 5.02. The Kier molecular flexibility index (Phi) is 4.51. The molecule has 7 nitrogen and oxygen atoms in total.